The molecule has 9 heteroatoms. The molecule has 0 heterocycles. The molecule has 2 atom stereocenters. The van der Waals surface area contributed by atoms with Crippen LogP contribution in [-0.4, -0.2) is 53.2 Å². The zero-order valence-corrected chi connectivity index (χ0v) is 21.9. The molecule has 4 N–H and O–H groups in total. The molecule has 0 saturated heterocycles. The van der Waals surface area contributed by atoms with Gasteiger partial charge in [0, 0.05) is 12.5 Å². The highest BCUT2D eigenvalue weighted by atomic mass is 16.6. The van der Waals surface area contributed by atoms with Crippen LogP contribution in [0.25, 0.3) is 0 Å². The average Bonchev–Trinajstić information content (AvgIpc) is 2.69. The molecule has 0 aromatic carbocycles. The molecule has 0 aromatic rings. The number of hydrogen-bond donors (Lipinski definition) is 4. The molecule has 1 rings (SSSR count). The second kappa shape index (κ2) is 13.5. The quantitative estimate of drug-likeness (QED) is 0.356. The summed E-state index contributed by atoms with van der Waals surface area (Å²) in [6.45, 7) is 13.6. The first-order chi connectivity index (χ1) is 15.7. The zero-order chi connectivity index (χ0) is 26.1. The number of nitrogens with one attached hydrogen (secondary N) is 3. The van der Waals surface area contributed by atoms with Crippen molar-refractivity contribution < 1.29 is 29.0 Å². The number of carbonyl (C=O) groups is 4. The Balaban J connectivity index is 2.53. The van der Waals surface area contributed by atoms with Crippen LogP contribution in [0.3, 0.4) is 0 Å². The van der Waals surface area contributed by atoms with Gasteiger partial charge in [0.15, 0.2) is 0 Å². The molecule has 0 aliphatic heterocycles. The number of carbonyl (C=O) groups excluding carboxylic acids is 3. The van der Waals surface area contributed by atoms with Crippen molar-refractivity contribution in [3.63, 3.8) is 0 Å². The molecular weight excluding hydrogens is 438 g/mol. The van der Waals surface area contributed by atoms with Crippen molar-refractivity contribution in [2.75, 3.05) is 6.54 Å². The van der Waals surface area contributed by atoms with Crippen LogP contribution in [0, 0.1) is 23.7 Å². The van der Waals surface area contributed by atoms with Gasteiger partial charge in [-0.2, -0.15) is 0 Å². The van der Waals surface area contributed by atoms with Crippen molar-refractivity contribution >= 4 is 23.9 Å². The number of alkyl carbamates (subject to hydrolysis) is 1. The maximum Gasteiger partial charge on any atom is 0.408 e. The van der Waals surface area contributed by atoms with Crippen LogP contribution in [-0.2, 0) is 19.1 Å². The number of carboxylic acids is 1. The van der Waals surface area contributed by atoms with Crippen LogP contribution in [0.5, 0.6) is 0 Å². The summed E-state index contributed by atoms with van der Waals surface area (Å²) in [6.07, 6.45) is 3.15. The van der Waals surface area contributed by atoms with Crippen molar-refractivity contribution in [1.29, 1.82) is 0 Å². The average molecular weight is 484 g/mol. The van der Waals surface area contributed by atoms with Gasteiger partial charge >= 0.3 is 12.1 Å². The smallest absolute Gasteiger partial charge is 0.408 e. The fourth-order valence-electron chi connectivity index (χ4n) is 4.13. The van der Waals surface area contributed by atoms with Crippen molar-refractivity contribution in [2.45, 2.75) is 105 Å². The molecule has 196 valence electrons. The lowest BCUT2D eigenvalue weighted by Crippen LogP contribution is -2.50. The van der Waals surface area contributed by atoms with E-state index in [9.17, 15) is 24.3 Å². The minimum atomic E-state index is -1.01. The van der Waals surface area contributed by atoms with Crippen LogP contribution in [0.2, 0.25) is 0 Å². The van der Waals surface area contributed by atoms with Crippen molar-refractivity contribution in [2.24, 2.45) is 23.7 Å². The molecule has 1 saturated carbocycles. The Morgan fingerprint density at radius 2 is 1.41 bits per heavy atom. The third kappa shape index (κ3) is 11.7. The first-order valence-electron chi connectivity index (χ1n) is 12.5. The summed E-state index contributed by atoms with van der Waals surface area (Å²) in [5, 5.41) is 17.7. The largest absolute Gasteiger partial charge is 0.480 e. The van der Waals surface area contributed by atoms with E-state index in [0.29, 0.717) is 32.2 Å². The molecular formula is C25H45N3O6. The van der Waals surface area contributed by atoms with Crippen molar-refractivity contribution in [3.05, 3.63) is 0 Å². The van der Waals surface area contributed by atoms with E-state index in [1.807, 2.05) is 27.7 Å². The van der Waals surface area contributed by atoms with Crippen LogP contribution in [0.15, 0.2) is 0 Å². The highest BCUT2D eigenvalue weighted by Crippen LogP contribution is 2.29. The van der Waals surface area contributed by atoms with E-state index >= 15 is 0 Å². The summed E-state index contributed by atoms with van der Waals surface area (Å²) in [5.74, 6) is -1.03. The van der Waals surface area contributed by atoms with Crippen LogP contribution >= 0.6 is 0 Å². The van der Waals surface area contributed by atoms with E-state index in [1.54, 1.807) is 20.8 Å². The fraction of sp³-hybridized carbons (Fsp3) is 0.840. The summed E-state index contributed by atoms with van der Waals surface area (Å²) >= 11 is 0. The normalized spacial score (nSPS) is 20.4. The molecule has 1 aliphatic carbocycles. The molecule has 3 amide bonds. The van der Waals surface area contributed by atoms with Crippen LogP contribution in [0.4, 0.5) is 4.79 Å². The summed E-state index contributed by atoms with van der Waals surface area (Å²) in [4.78, 5) is 48.9. The molecule has 34 heavy (non-hydrogen) atoms. The summed E-state index contributed by atoms with van der Waals surface area (Å²) in [6, 6.07) is -1.54. The molecule has 9 nitrogen and oxygen atoms in total. The second-order valence-corrected chi connectivity index (χ2v) is 11.3. The van der Waals surface area contributed by atoms with E-state index in [2.05, 4.69) is 16.0 Å². The molecule has 0 radical (unpaired) electrons. The van der Waals surface area contributed by atoms with Gasteiger partial charge in [-0.1, -0.05) is 27.7 Å². The number of amides is 3. The monoisotopic (exact) mass is 483 g/mol. The maximum absolute atomic E-state index is 12.8. The summed E-state index contributed by atoms with van der Waals surface area (Å²) in [5.41, 5.74) is -0.646. The summed E-state index contributed by atoms with van der Waals surface area (Å²) < 4.78 is 5.29. The third-order valence-electron chi connectivity index (χ3n) is 5.82. The second-order valence-electron chi connectivity index (χ2n) is 11.3. The number of hydrogen-bond acceptors (Lipinski definition) is 5. The van der Waals surface area contributed by atoms with Crippen molar-refractivity contribution in [1.82, 2.24) is 16.0 Å². The van der Waals surface area contributed by atoms with E-state index in [1.165, 1.54) is 0 Å². The SMILES string of the molecule is CC(C)C[C@@H](NC(=O)C1CCC(CNC(=O)[C@@H](CC(C)C)NC(=O)OC(C)(C)C)CC1)C(=O)O. The number of ether oxygens (including phenoxy) is 1. The number of aliphatic carboxylic acids is 1. The predicted octanol–water partition coefficient (Wildman–Crippen LogP) is 3.46. The van der Waals surface area contributed by atoms with Gasteiger partial charge < -0.3 is 25.8 Å². The number of rotatable bonds is 11. The molecule has 0 spiro atoms. The Morgan fingerprint density at radius 1 is 0.882 bits per heavy atom. The number of carboxylic acid groups (broad SMARTS) is 1. The maximum atomic E-state index is 12.8. The first kappa shape index (κ1) is 29.7. The van der Waals surface area contributed by atoms with Gasteiger partial charge in [0.25, 0.3) is 0 Å². The highest BCUT2D eigenvalue weighted by Gasteiger charge is 2.31. The van der Waals surface area contributed by atoms with Crippen LogP contribution in [0.1, 0.15) is 87.0 Å². The molecule has 0 aromatic heterocycles. The van der Waals surface area contributed by atoms with Gasteiger partial charge in [-0.25, -0.2) is 9.59 Å². The Morgan fingerprint density at radius 3 is 1.88 bits per heavy atom. The Bertz CT molecular complexity index is 693. The van der Waals surface area contributed by atoms with E-state index in [-0.39, 0.29) is 35.5 Å². The molecule has 0 bridgehead atoms. The minimum Gasteiger partial charge on any atom is -0.480 e. The van der Waals surface area contributed by atoms with Gasteiger partial charge in [-0.05, 0) is 77.0 Å². The lowest BCUT2D eigenvalue weighted by atomic mass is 9.81. The fourth-order valence-corrected chi connectivity index (χ4v) is 4.13. The Kier molecular flexibility index (Phi) is 11.8. The van der Waals surface area contributed by atoms with Gasteiger partial charge in [-0.15, -0.1) is 0 Å². The van der Waals surface area contributed by atoms with Gasteiger partial charge in [0.1, 0.15) is 17.7 Å². The molecule has 1 aliphatic rings. The lowest BCUT2D eigenvalue weighted by Gasteiger charge is -2.29. The third-order valence-corrected chi connectivity index (χ3v) is 5.82. The highest BCUT2D eigenvalue weighted by molar-refractivity contribution is 5.86. The van der Waals surface area contributed by atoms with Gasteiger partial charge in [-0.3, -0.25) is 9.59 Å². The Hall–Kier alpha value is -2.32. The topological polar surface area (TPSA) is 134 Å². The standard InChI is InChI=1S/C25H45N3O6/c1-15(2)12-19(28-24(33)34-25(5,6)7)22(30)26-14-17-8-10-18(11-9-17)21(29)27-20(23(31)32)13-16(3)4/h15-20H,8-14H2,1-7H3,(H,26,30)(H,27,29)(H,28,33)(H,31,32)/t17?,18?,19-,20-/m1/s1. The van der Waals surface area contributed by atoms with Gasteiger partial charge in [0.2, 0.25) is 11.8 Å². The van der Waals surface area contributed by atoms with Crippen molar-refractivity contribution in [3.8, 4) is 0 Å². The lowest BCUT2D eigenvalue weighted by molar-refractivity contribution is -0.143. The molecule has 0 unspecified atom stereocenters. The van der Waals surface area contributed by atoms with E-state index in [0.717, 1.165) is 12.8 Å². The van der Waals surface area contributed by atoms with Gasteiger partial charge in [0.05, 0.1) is 0 Å². The van der Waals surface area contributed by atoms with Crippen LogP contribution < -0.4 is 16.0 Å². The minimum absolute atomic E-state index is 0.171. The first-order valence-corrected chi connectivity index (χ1v) is 12.5. The van der Waals surface area contributed by atoms with E-state index in [4.69, 9.17) is 4.74 Å². The summed E-state index contributed by atoms with van der Waals surface area (Å²) in [7, 11) is 0. The zero-order valence-electron chi connectivity index (χ0n) is 21.9. The molecule has 1 fully saturated rings. The van der Waals surface area contributed by atoms with E-state index < -0.39 is 29.7 Å². The Labute approximate surface area is 204 Å². The predicted molar refractivity (Wildman–Crippen MR) is 130 cm³/mol.